The molecular formula is C18H37ClO2SSn. The van der Waals surface area contributed by atoms with Crippen LogP contribution in [-0.2, 0) is 9.53 Å². The second-order valence-electron chi connectivity index (χ2n) is 6.84. The van der Waals surface area contributed by atoms with Crippen LogP contribution in [-0.4, -0.2) is 34.2 Å². The van der Waals surface area contributed by atoms with E-state index < -0.39 is 15.9 Å². The van der Waals surface area contributed by atoms with Crippen molar-refractivity contribution in [1.29, 1.82) is 0 Å². The molecule has 0 saturated heterocycles. The fraction of sp³-hybridized carbons (Fsp3) is 0.944. The zero-order valence-electron chi connectivity index (χ0n) is 15.7. The molecule has 0 aromatic rings. The minimum absolute atomic E-state index is 0.0615. The van der Waals surface area contributed by atoms with E-state index in [1.54, 1.807) is 8.95 Å². The molecular weight excluding hydrogens is 434 g/mol. The molecule has 0 fully saturated rings. The van der Waals surface area contributed by atoms with E-state index in [1.807, 2.05) is 0 Å². The molecule has 0 spiro atoms. The first-order valence-electron chi connectivity index (χ1n) is 9.42. The average Bonchev–Trinajstić information content (AvgIpc) is 2.52. The van der Waals surface area contributed by atoms with Gasteiger partial charge in [-0.25, -0.2) is 0 Å². The fourth-order valence-electron chi connectivity index (χ4n) is 2.40. The van der Waals surface area contributed by atoms with Crippen molar-refractivity contribution >= 4 is 39.7 Å². The maximum atomic E-state index is 11.9. The van der Waals surface area contributed by atoms with Crippen molar-refractivity contribution in [3.8, 4) is 0 Å². The predicted octanol–water partition coefficient (Wildman–Crippen LogP) is 6.76. The summed E-state index contributed by atoms with van der Waals surface area (Å²) in [5, 5.41) is 0. The molecule has 138 valence electrons. The number of rotatable bonds is 15. The number of unbranched alkanes of at least 4 members (excludes halogenated alkanes) is 4. The Morgan fingerprint density at radius 2 is 1.65 bits per heavy atom. The summed E-state index contributed by atoms with van der Waals surface area (Å²) in [7, 11) is 8.72. The van der Waals surface area contributed by atoms with Crippen molar-refractivity contribution in [2.75, 3.05) is 12.4 Å². The Bertz CT molecular complexity index is 293. The Morgan fingerprint density at radius 3 is 2.17 bits per heavy atom. The summed E-state index contributed by atoms with van der Waals surface area (Å²) in [4.78, 5) is 11.9. The molecule has 0 N–H and O–H groups in total. The Kier molecular flexibility index (Phi) is 15.8. The van der Waals surface area contributed by atoms with Crippen LogP contribution in [0, 0.1) is 5.92 Å². The number of halogens is 1. The summed E-state index contributed by atoms with van der Waals surface area (Å²) in [6.07, 6.45) is 9.45. The molecule has 23 heavy (non-hydrogen) atoms. The van der Waals surface area contributed by atoms with Crippen molar-refractivity contribution in [1.82, 2.24) is 0 Å². The summed E-state index contributed by atoms with van der Waals surface area (Å²) < 4.78 is 7.73. The zero-order chi connectivity index (χ0) is 17.6. The number of hydrogen-bond acceptors (Lipinski definition) is 3. The van der Waals surface area contributed by atoms with E-state index in [0.29, 0.717) is 12.4 Å². The van der Waals surface area contributed by atoms with E-state index in [-0.39, 0.29) is 5.97 Å². The van der Waals surface area contributed by atoms with Crippen LogP contribution in [0.25, 0.3) is 0 Å². The van der Waals surface area contributed by atoms with Crippen LogP contribution in [0.4, 0.5) is 0 Å². The molecule has 0 unspecified atom stereocenters. The Hall–Kier alpha value is 0.909. The number of esters is 1. The van der Waals surface area contributed by atoms with E-state index in [0.717, 1.165) is 18.8 Å². The normalized spacial score (nSPS) is 11.9. The molecule has 0 heterocycles. The van der Waals surface area contributed by atoms with Crippen molar-refractivity contribution in [2.45, 2.75) is 87.9 Å². The summed E-state index contributed by atoms with van der Waals surface area (Å²) in [5.41, 5.74) is 0. The van der Waals surface area contributed by atoms with Gasteiger partial charge in [-0.1, -0.05) is 0 Å². The first kappa shape index (κ1) is 23.9. The zero-order valence-corrected chi connectivity index (χ0v) is 20.1. The Morgan fingerprint density at radius 1 is 1.04 bits per heavy atom. The third kappa shape index (κ3) is 14.9. The molecule has 0 rings (SSSR count). The number of ether oxygens (including phenoxy) is 1. The van der Waals surface area contributed by atoms with Gasteiger partial charge in [-0.2, -0.15) is 0 Å². The van der Waals surface area contributed by atoms with Gasteiger partial charge in [0, 0.05) is 0 Å². The van der Waals surface area contributed by atoms with Gasteiger partial charge in [0.15, 0.2) is 0 Å². The maximum absolute atomic E-state index is 11.9. The molecule has 0 radical (unpaired) electrons. The third-order valence-corrected chi connectivity index (χ3v) is 24.3. The topological polar surface area (TPSA) is 26.3 Å². The van der Waals surface area contributed by atoms with Crippen LogP contribution in [0.2, 0.25) is 8.87 Å². The van der Waals surface area contributed by atoms with Gasteiger partial charge in [0.25, 0.3) is 0 Å². The number of hydrogen-bond donors (Lipinski definition) is 0. The molecule has 0 aliphatic rings. The fourth-order valence-corrected chi connectivity index (χ4v) is 19.4. The van der Waals surface area contributed by atoms with Gasteiger partial charge >= 0.3 is 155 Å². The first-order chi connectivity index (χ1) is 10.9. The molecule has 0 saturated carbocycles. The molecule has 0 aliphatic carbocycles. The molecule has 0 atom stereocenters. The van der Waals surface area contributed by atoms with Crippen LogP contribution in [0.15, 0.2) is 0 Å². The molecule has 0 aromatic carbocycles. The SMILES string of the molecule is CCC[CH2][Sn]([Cl])([CH2]CCC)[S]CC(=O)OCCCCCC(C)C. The van der Waals surface area contributed by atoms with Crippen molar-refractivity contribution in [3.63, 3.8) is 0 Å². The van der Waals surface area contributed by atoms with Gasteiger partial charge in [-0.3, -0.25) is 0 Å². The Balaban J connectivity index is 3.88. The summed E-state index contributed by atoms with van der Waals surface area (Å²) in [6, 6.07) is 0. The second-order valence-corrected chi connectivity index (χ2v) is 29.4. The van der Waals surface area contributed by atoms with Crippen LogP contribution in [0.3, 0.4) is 0 Å². The van der Waals surface area contributed by atoms with Crippen molar-refractivity contribution in [2.24, 2.45) is 5.92 Å². The predicted molar refractivity (Wildman–Crippen MR) is 108 cm³/mol. The third-order valence-electron chi connectivity index (χ3n) is 3.94. The van der Waals surface area contributed by atoms with Gasteiger partial charge in [0.2, 0.25) is 0 Å². The average molecular weight is 472 g/mol. The van der Waals surface area contributed by atoms with E-state index in [4.69, 9.17) is 13.7 Å². The summed E-state index contributed by atoms with van der Waals surface area (Å²) >= 11 is -2.63. The van der Waals surface area contributed by atoms with Crippen molar-refractivity contribution in [3.05, 3.63) is 0 Å². The molecule has 5 heteroatoms. The van der Waals surface area contributed by atoms with Crippen LogP contribution in [0.1, 0.15) is 79.1 Å². The standard InChI is InChI=1S/C10H20O2S.2C4H9.ClH.Sn/c1-9(2)6-4-3-5-7-12-10(11)8-13;2*1-3-4-2;;/h9,13H,3-8H2,1-2H3;2*1,3-4H2,2H3;1H;/q;;;;+2/p-2. The van der Waals surface area contributed by atoms with Gasteiger partial charge < -0.3 is 0 Å². The molecule has 0 amide bonds. The van der Waals surface area contributed by atoms with Crippen molar-refractivity contribution < 1.29 is 9.53 Å². The minimum atomic E-state index is -2.63. The molecule has 0 aliphatic heterocycles. The summed E-state index contributed by atoms with van der Waals surface area (Å²) in [5.74, 6) is 1.18. The van der Waals surface area contributed by atoms with Crippen LogP contribution >= 0.6 is 17.9 Å². The van der Waals surface area contributed by atoms with Crippen LogP contribution in [0.5, 0.6) is 0 Å². The van der Waals surface area contributed by atoms with Gasteiger partial charge in [0.1, 0.15) is 0 Å². The Labute approximate surface area is 154 Å². The van der Waals surface area contributed by atoms with Gasteiger partial charge in [0.05, 0.1) is 0 Å². The van der Waals surface area contributed by atoms with E-state index >= 15 is 0 Å². The number of carbonyl (C=O) groups is 1. The monoisotopic (exact) mass is 472 g/mol. The molecule has 0 aromatic heterocycles. The van der Waals surface area contributed by atoms with Crippen LogP contribution < -0.4 is 0 Å². The molecule has 0 bridgehead atoms. The van der Waals surface area contributed by atoms with E-state index in [1.165, 1.54) is 47.4 Å². The number of carbonyl (C=O) groups excluding carboxylic acids is 1. The van der Waals surface area contributed by atoms with Gasteiger partial charge in [-0.15, -0.1) is 0 Å². The molecule has 2 nitrogen and oxygen atoms in total. The van der Waals surface area contributed by atoms with E-state index in [2.05, 4.69) is 27.7 Å². The van der Waals surface area contributed by atoms with Gasteiger partial charge in [-0.05, 0) is 0 Å². The van der Waals surface area contributed by atoms with E-state index in [9.17, 15) is 4.79 Å². The summed E-state index contributed by atoms with van der Waals surface area (Å²) in [6.45, 7) is 9.49. The quantitative estimate of drug-likeness (QED) is 0.150. The first-order valence-corrected chi connectivity index (χ1v) is 21.5. The second kappa shape index (κ2) is 15.2.